The second-order valence-electron chi connectivity index (χ2n) is 2.15. The molecule has 0 aliphatic heterocycles. The molecule has 3 nitrogen and oxygen atoms in total. The number of hydrogen-bond acceptors (Lipinski definition) is 3. The second-order valence-corrected chi connectivity index (χ2v) is 5.06. The molecule has 0 spiro atoms. The van der Waals surface area contributed by atoms with Gasteiger partial charge in [0.15, 0.2) is 0 Å². The van der Waals surface area contributed by atoms with E-state index in [9.17, 15) is 8.42 Å². The number of thiophene rings is 1. The summed E-state index contributed by atoms with van der Waals surface area (Å²) >= 11 is 6.44. The molecule has 0 fully saturated rings. The maximum absolute atomic E-state index is 10.7. The van der Waals surface area contributed by atoms with Gasteiger partial charge in [-0.05, 0) is 23.4 Å². The van der Waals surface area contributed by atoms with E-state index in [1.54, 1.807) is 11.4 Å². The van der Waals surface area contributed by atoms with Crippen molar-refractivity contribution in [1.29, 1.82) is 0 Å². The highest BCUT2D eigenvalue weighted by Gasteiger charge is 2.15. The molecule has 1 aromatic heterocycles. The summed E-state index contributed by atoms with van der Waals surface area (Å²) in [5.74, 6) is 0.346. The lowest BCUT2D eigenvalue weighted by Crippen LogP contribution is -1.99. The van der Waals surface area contributed by atoms with Crippen LogP contribution in [-0.4, -0.2) is 18.9 Å². The minimum Gasteiger partial charge on any atom is -0.281 e. The fraction of sp³-hybridized carbons (Fsp3) is 0.333. The van der Waals surface area contributed by atoms with Crippen LogP contribution in [0, 0.1) is 0 Å². The van der Waals surface area contributed by atoms with Crippen LogP contribution in [0.4, 0.5) is 0 Å². The molecule has 0 aromatic carbocycles. The molecule has 0 amide bonds. The Bertz CT molecular complexity index is 355. The smallest absolute Gasteiger partial charge is 0.281 e. The van der Waals surface area contributed by atoms with Crippen molar-refractivity contribution in [1.82, 2.24) is 0 Å². The third kappa shape index (κ3) is 2.20. The molecule has 0 radical (unpaired) electrons. The van der Waals surface area contributed by atoms with Crippen LogP contribution < -0.4 is 0 Å². The van der Waals surface area contributed by atoms with Crippen LogP contribution in [0.3, 0.4) is 0 Å². The number of halogens is 1. The Balaban J connectivity index is 3.08. The zero-order valence-corrected chi connectivity index (χ0v) is 8.42. The van der Waals surface area contributed by atoms with Crippen molar-refractivity contribution in [2.45, 2.75) is 10.6 Å². The van der Waals surface area contributed by atoms with Gasteiger partial charge in [0.05, 0.1) is 0 Å². The molecule has 1 rings (SSSR count). The topological polar surface area (TPSA) is 54.4 Å². The standard InChI is InChI=1S/C6H7ClO3S2/c7-3-1-5-2-4-11-6(5)12(8,9)10/h2,4H,1,3H2,(H,8,9,10). The molecule has 68 valence electrons. The zero-order valence-electron chi connectivity index (χ0n) is 6.03. The first-order valence-corrected chi connectivity index (χ1v) is 6.01. The molecule has 6 heteroatoms. The van der Waals surface area contributed by atoms with Gasteiger partial charge in [0.25, 0.3) is 0 Å². The van der Waals surface area contributed by atoms with Crippen molar-refractivity contribution in [3.8, 4) is 0 Å². The average molecular weight is 227 g/mol. The van der Waals surface area contributed by atoms with Crippen LogP contribution in [0.5, 0.6) is 0 Å². The molecular formula is C6H7ClO3S2. The summed E-state index contributed by atoms with van der Waals surface area (Å²) in [6, 6.07) is 1.65. The van der Waals surface area contributed by atoms with E-state index in [0.717, 1.165) is 11.3 Å². The lowest BCUT2D eigenvalue weighted by molar-refractivity contribution is 0.485. The average Bonchev–Trinajstić information content (AvgIpc) is 2.34. The molecule has 1 aromatic rings. The first kappa shape index (κ1) is 9.98. The van der Waals surface area contributed by atoms with Crippen molar-refractivity contribution < 1.29 is 13.0 Å². The van der Waals surface area contributed by atoms with E-state index in [4.69, 9.17) is 16.2 Å². The highest BCUT2D eigenvalue weighted by atomic mass is 35.5. The Morgan fingerprint density at radius 3 is 2.75 bits per heavy atom. The van der Waals surface area contributed by atoms with Gasteiger partial charge >= 0.3 is 10.1 Å². The van der Waals surface area contributed by atoms with Crippen molar-refractivity contribution in [2.75, 3.05) is 5.88 Å². The van der Waals surface area contributed by atoms with E-state index < -0.39 is 10.1 Å². The molecule has 0 unspecified atom stereocenters. The lowest BCUT2D eigenvalue weighted by Gasteiger charge is -1.96. The molecule has 0 atom stereocenters. The van der Waals surface area contributed by atoms with Gasteiger partial charge in [0.1, 0.15) is 4.21 Å². The number of hydrogen-bond donors (Lipinski definition) is 1. The van der Waals surface area contributed by atoms with Gasteiger partial charge in [-0.3, -0.25) is 4.55 Å². The Morgan fingerprint density at radius 2 is 2.25 bits per heavy atom. The normalized spacial score (nSPS) is 11.8. The summed E-state index contributed by atoms with van der Waals surface area (Å²) in [5, 5.41) is 1.62. The van der Waals surface area contributed by atoms with E-state index >= 15 is 0 Å². The predicted molar refractivity (Wildman–Crippen MR) is 48.6 cm³/mol. The first-order chi connectivity index (χ1) is 5.55. The van der Waals surface area contributed by atoms with Gasteiger partial charge in [-0.2, -0.15) is 8.42 Å². The Kier molecular flexibility index (Phi) is 3.11. The summed E-state index contributed by atoms with van der Waals surface area (Å²) in [4.78, 5) is 0. The Morgan fingerprint density at radius 1 is 1.58 bits per heavy atom. The van der Waals surface area contributed by atoms with Crippen LogP contribution in [0.15, 0.2) is 15.7 Å². The predicted octanol–water partition coefficient (Wildman–Crippen LogP) is 1.78. The maximum atomic E-state index is 10.7. The molecule has 0 saturated heterocycles. The van der Waals surface area contributed by atoms with Crippen molar-refractivity contribution in [3.63, 3.8) is 0 Å². The summed E-state index contributed by atoms with van der Waals surface area (Å²) in [5.41, 5.74) is 0.581. The first-order valence-electron chi connectivity index (χ1n) is 3.15. The molecule has 0 saturated carbocycles. The summed E-state index contributed by atoms with van der Waals surface area (Å²) < 4.78 is 30.2. The third-order valence-corrected chi connectivity index (χ3v) is 3.89. The molecular weight excluding hydrogens is 220 g/mol. The van der Waals surface area contributed by atoms with E-state index in [2.05, 4.69) is 0 Å². The molecule has 0 aliphatic rings. The SMILES string of the molecule is O=S(=O)(O)c1sccc1CCCl. The Labute approximate surface area is 79.7 Å². The highest BCUT2D eigenvalue weighted by Crippen LogP contribution is 2.22. The summed E-state index contributed by atoms with van der Waals surface area (Å²) in [6.07, 6.45) is 0.459. The van der Waals surface area contributed by atoms with Gasteiger partial charge in [0.2, 0.25) is 0 Å². The zero-order chi connectivity index (χ0) is 9.19. The van der Waals surface area contributed by atoms with Crippen molar-refractivity contribution >= 4 is 33.1 Å². The monoisotopic (exact) mass is 226 g/mol. The number of aryl methyl sites for hydroxylation is 1. The maximum Gasteiger partial charge on any atom is 0.304 e. The van der Waals surface area contributed by atoms with Gasteiger partial charge in [-0.15, -0.1) is 22.9 Å². The number of rotatable bonds is 3. The van der Waals surface area contributed by atoms with Gasteiger partial charge < -0.3 is 0 Å². The van der Waals surface area contributed by atoms with E-state index in [1.807, 2.05) is 0 Å². The number of alkyl halides is 1. The van der Waals surface area contributed by atoms with Crippen LogP contribution in [0.25, 0.3) is 0 Å². The van der Waals surface area contributed by atoms with Crippen LogP contribution >= 0.6 is 22.9 Å². The molecule has 12 heavy (non-hydrogen) atoms. The summed E-state index contributed by atoms with van der Waals surface area (Å²) in [6.45, 7) is 0. The quantitative estimate of drug-likeness (QED) is 0.632. The third-order valence-electron chi connectivity index (χ3n) is 1.30. The van der Waals surface area contributed by atoms with Crippen molar-refractivity contribution in [2.24, 2.45) is 0 Å². The second kappa shape index (κ2) is 3.74. The summed E-state index contributed by atoms with van der Waals surface area (Å²) in [7, 11) is -4.05. The van der Waals surface area contributed by atoms with E-state index in [1.165, 1.54) is 0 Å². The molecule has 1 N–H and O–H groups in total. The van der Waals surface area contributed by atoms with E-state index in [-0.39, 0.29) is 4.21 Å². The Hall–Kier alpha value is -0.100. The fourth-order valence-corrected chi connectivity index (χ4v) is 2.87. The fourth-order valence-electron chi connectivity index (χ4n) is 0.835. The largest absolute Gasteiger partial charge is 0.304 e. The van der Waals surface area contributed by atoms with Crippen LogP contribution in [0.2, 0.25) is 0 Å². The molecule has 0 bridgehead atoms. The minimum atomic E-state index is -4.05. The van der Waals surface area contributed by atoms with Gasteiger partial charge in [-0.1, -0.05) is 0 Å². The molecule has 1 heterocycles. The minimum absolute atomic E-state index is 0.00292. The lowest BCUT2D eigenvalue weighted by atomic mass is 10.3. The highest BCUT2D eigenvalue weighted by molar-refractivity contribution is 7.88. The van der Waals surface area contributed by atoms with Crippen LogP contribution in [0.1, 0.15) is 5.56 Å². The van der Waals surface area contributed by atoms with Crippen molar-refractivity contribution in [3.05, 3.63) is 17.0 Å². The van der Waals surface area contributed by atoms with Crippen LogP contribution in [-0.2, 0) is 16.5 Å². The van der Waals surface area contributed by atoms with Gasteiger partial charge in [0, 0.05) is 5.88 Å². The van der Waals surface area contributed by atoms with Gasteiger partial charge in [-0.25, -0.2) is 0 Å². The van der Waals surface area contributed by atoms with E-state index in [0.29, 0.717) is 17.9 Å². The molecule has 0 aliphatic carbocycles.